The molecule has 0 aliphatic carbocycles. The molecule has 0 bridgehead atoms. The summed E-state index contributed by atoms with van der Waals surface area (Å²) in [6, 6.07) is 7.19. The zero-order valence-electron chi connectivity index (χ0n) is 15.4. The Morgan fingerprint density at radius 2 is 1.54 bits per heavy atom. The zero-order valence-corrected chi connectivity index (χ0v) is 16.2. The molecule has 1 aromatic carbocycles. The normalized spacial score (nSPS) is 21.8. The Kier molecular flexibility index (Phi) is 4.90. The molecule has 7 heteroatoms. The molecule has 5 nitrogen and oxygen atoms in total. The maximum absolute atomic E-state index is 11.8. The van der Waals surface area contributed by atoms with Crippen LogP contribution in [0.25, 0.3) is 6.08 Å². The number of carbonyl (C=O) groups is 2. The summed E-state index contributed by atoms with van der Waals surface area (Å²) in [6.07, 6.45) is 4.51. The van der Waals surface area contributed by atoms with Crippen molar-refractivity contribution in [2.24, 2.45) is 0 Å². The fourth-order valence-corrected chi connectivity index (χ4v) is 3.01. The quantitative estimate of drug-likeness (QED) is 0.502. The number of hydrogen-bond donors (Lipinski definition) is 1. The van der Waals surface area contributed by atoms with Crippen LogP contribution in [0.1, 0.15) is 33.3 Å². The van der Waals surface area contributed by atoms with Gasteiger partial charge in [0.2, 0.25) is 0 Å². The predicted octanol–water partition coefficient (Wildman–Crippen LogP) is 3.06. The van der Waals surface area contributed by atoms with Crippen molar-refractivity contribution < 1.29 is 18.9 Å². The highest BCUT2D eigenvalue weighted by molar-refractivity contribution is 7.80. The van der Waals surface area contributed by atoms with Crippen molar-refractivity contribution in [2.45, 2.75) is 38.9 Å². The van der Waals surface area contributed by atoms with Crippen molar-refractivity contribution in [3.8, 4) is 0 Å². The molecule has 1 aromatic rings. The van der Waals surface area contributed by atoms with Gasteiger partial charge in [-0.15, -0.1) is 0 Å². The van der Waals surface area contributed by atoms with Crippen molar-refractivity contribution in [2.75, 3.05) is 10.7 Å². The first-order valence-corrected chi connectivity index (χ1v) is 9.11. The largest absolute Gasteiger partial charge is 0.491 e. The van der Waals surface area contributed by atoms with Crippen LogP contribution in [0.15, 0.2) is 41.9 Å². The zero-order chi connectivity index (χ0) is 19.1. The van der Waals surface area contributed by atoms with Gasteiger partial charge in [-0.1, -0.05) is 18.2 Å². The lowest BCUT2D eigenvalue weighted by molar-refractivity contribution is -0.119. The highest BCUT2D eigenvalue weighted by Gasteiger charge is 2.52. The van der Waals surface area contributed by atoms with Gasteiger partial charge in [0.25, 0.3) is 11.8 Å². The van der Waals surface area contributed by atoms with Gasteiger partial charge in [0.1, 0.15) is 0 Å². The third kappa shape index (κ3) is 3.39. The number of imide groups is 1. The van der Waals surface area contributed by atoms with Crippen molar-refractivity contribution in [1.82, 2.24) is 0 Å². The van der Waals surface area contributed by atoms with Gasteiger partial charge in [0.15, 0.2) is 0 Å². The fourth-order valence-electron chi connectivity index (χ4n) is 2.77. The third-order valence-electron chi connectivity index (χ3n) is 5.05. The Morgan fingerprint density at radius 1 is 1.04 bits per heavy atom. The minimum absolute atomic E-state index is 0.327. The highest BCUT2D eigenvalue weighted by Crippen LogP contribution is 2.39. The monoisotopic (exact) mass is 371 g/mol. The van der Waals surface area contributed by atoms with E-state index in [2.05, 4.69) is 12.6 Å². The van der Waals surface area contributed by atoms with Crippen LogP contribution in [0.4, 0.5) is 5.69 Å². The number of amides is 2. The third-order valence-corrected chi connectivity index (χ3v) is 5.42. The average Bonchev–Trinajstić information content (AvgIpc) is 3.01. The molecule has 136 valence electrons. The molecule has 0 atom stereocenters. The molecule has 2 heterocycles. The summed E-state index contributed by atoms with van der Waals surface area (Å²) < 4.78 is 12.2. The number of rotatable bonds is 4. The predicted molar refractivity (Wildman–Crippen MR) is 106 cm³/mol. The molecule has 0 N–H and O–H groups in total. The number of anilines is 1. The Bertz CT molecular complexity index is 764. The summed E-state index contributed by atoms with van der Waals surface area (Å²) in [4.78, 5) is 24.6. The van der Waals surface area contributed by atoms with Gasteiger partial charge in [-0.3, -0.25) is 9.59 Å². The first-order valence-electron chi connectivity index (χ1n) is 8.48. The van der Waals surface area contributed by atoms with E-state index in [1.54, 1.807) is 12.1 Å². The molecule has 0 saturated carbocycles. The van der Waals surface area contributed by atoms with Crippen LogP contribution in [-0.4, -0.2) is 35.9 Å². The lowest BCUT2D eigenvalue weighted by Crippen LogP contribution is -2.41. The molecule has 2 aliphatic rings. The second-order valence-electron chi connectivity index (χ2n) is 7.40. The van der Waals surface area contributed by atoms with Crippen LogP contribution in [-0.2, 0) is 18.9 Å². The maximum atomic E-state index is 11.8. The van der Waals surface area contributed by atoms with E-state index >= 15 is 0 Å². The van der Waals surface area contributed by atoms with Gasteiger partial charge in [0.05, 0.1) is 16.9 Å². The summed E-state index contributed by atoms with van der Waals surface area (Å²) >= 11 is 4.42. The lowest BCUT2D eigenvalue weighted by atomic mass is 9.78. The van der Waals surface area contributed by atoms with Crippen molar-refractivity contribution >= 4 is 43.3 Å². The van der Waals surface area contributed by atoms with E-state index in [4.69, 9.17) is 9.31 Å². The first-order chi connectivity index (χ1) is 12.1. The van der Waals surface area contributed by atoms with E-state index in [-0.39, 0.29) is 11.8 Å². The molecular formula is C19H22BNO4S. The number of hydrogen-bond acceptors (Lipinski definition) is 5. The molecule has 0 unspecified atom stereocenters. The summed E-state index contributed by atoms with van der Waals surface area (Å²) in [6.45, 7) is 8.04. The van der Waals surface area contributed by atoms with Crippen LogP contribution in [0.5, 0.6) is 0 Å². The van der Waals surface area contributed by atoms with Crippen molar-refractivity contribution in [3.63, 3.8) is 0 Å². The Labute approximate surface area is 159 Å². The van der Waals surface area contributed by atoms with E-state index < -0.39 is 18.3 Å². The lowest BCUT2D eigenvalue weighted by Gasteiger charge is -2.32. The minimum Gasteiger partial charge on any atom is -0.400 e. The van der Waals surface area contributed by atoms with E-state index in [9.17, 15) is 9.59 Å². The SMILES string of the molecule is CC1(C)OB(C(=Cc2ccc(N3C(=O)C=CC3=O)cc2)CS)OC1(C)C. The Hall–Kier alpha value is -1.83. The van der Waals surface area contributed by atoms with Gasteiger partial charge in [0, 0.05) is 17.9 Å². The minimum atomic E-state index is -0.455. The molecule has 3 rings (SSSR count). The van der Waals surface area contributed by atoms with E-state index in [0.717, 1.165) is 15.9 Å². The van der Waals surface area contributed by atoms with Crippen LogP contribution >= 0.6 is 12.6 Å². The average molecular weight is 371 g/mol. The molecule has 1 saturated heterocycles. The Balaban J connectivity index is 1.80. The molecule has 1 fully saturated rings. The molecule has 2 amide bonds. The van der Waals surface area contributed by atoms with E-state index in [1.807, 2.05) is 45.9 Å². The summed E-state index contributed by atoms with van der Waals surface area (Å²) in [7, 11) is -0.455. The van der Waals surface area contributed by atoms with Crippen molar-refractivity contribution in [3.05, 3.63) is 47.5 Å². The van der Waals surface area contributed by atoms with Crippen molar-refractivity contribution in [1.29, 1.82) is 0 Å². The molecule has 2 aliphatic heterocycles. The summed E-state index contributed by atoms with van der Waals surface area (Å²) in [5, 5.41) is 0. The van der Waals surface area contributed by atoms with Gasteiger partial charge in [-0.2, -0.15) is 12.6 Å². The number of benzene rings is 1. The van der Waals surface area contributed by atoms with Crippen LogP contribution in [0, 0.1) is 0 Å². The molecule has 0 radical (unpaired) electrons. The Morgan fingerprint density at radius 3 is 2.00 bits per heavy atom. The fraction of sp³-hybridized carbons (Fsp3) is 0.368. The molecule has 26 heavy (non-hydrogen) atoms. The second-order valence-corrected chi connectivity index (χ2v) is 7.72. The first kappa shape index (κ1) is 19.0. The van der Waals surface area contributed by atoms with Gasteiger partial charge >= 0.3 is 7.12 Å². The van der Waals surface area contributed by atoms with Gasteiger partial charge in [-0.05, 0) is 50.9 Å². The molecule has 0 spiro atoms. The second kappa shape index (κ2) is 6.72. The maximum Gasteiger partial charge on any atom is 0.491 e. The number of carbonyl (C=O) groups excluding carboxylic acids is 2. The topological polar surface area (TPSA) is 55.8 Å². The van der Waals surface area contributed by atoms with E-state index in [0.29, 0.717) is 11.4 Å². The standard InChI is InChI=1S/C19H22BNO4S/c1-18(2)19(3,4)25-20(24-18)14(12-26)11-13-5-7-15(8-6-13)21-16(22)9-10-17(21)23/h5-11,26H,12H2,1-4H3. The summed E-state index contributed by atoms with van der Waals surface area (Å²) in [5.41, 5.74) is 1.56. The van der Waals surface area contributed by atoms with E-state index in [1.165, 1.54) is 12.2 Å². The molecular weight excluding hydrogens is 349 g/mol. The molecule has 0 aromatic heterocycles. The van der Waals surface area contributed by atoms with Crippen LogP contribution in [0.3, 0.4) is 0 Å². The highest BCUT2D eigenvalue weighted by atomic mass is 32.1. The smallest absolute Gasteiger partial charge is 0.400 e. The van der Waals surface area contributed by atoms with Gasteiger partial charge < -0.3 is 9.31 Å². The summed E-state index contributed by atoms with van der Waals surface area (Å²) in [5.74, 6) is -0.163. The number of thiol groups is 1. The van der Waals surface area contributed by atoms with Crippen LogP contribution in [0.2, 0.25) is 0 Å². The van der Waals surface area contributed by atoms with Gasteiger partial charge in [-0.25, -0.2) is 4.90 Å². The number of nitrogens with zero attached hydrogens (tertiary/aromatic N) is 1. The van der Waals surface area contributed by atoms with Crippen LogP contribution < -0.4 is 4.90 Å².